The van der Waals surface area contributed by atoms with E-state index >= 15 is 0 Å². The van der Waals surface area contributed by atoms with Gasteiger partial charge in [0.15, 0.2) is 22.2 Å². The molecule has 2 aliphatic heterocycles. The van der Waals surface area contributed by atoms with E-state index in [-0.39, 0.29) is 72.1 Å². The van der Waals surface area contributed by atoms with Crippen LogP contribution in [0.15, 0.2) is 45.8 Å². The second kappa shape index (κ2) is 16.2. The Balaban J connectivity index is 1.40. The lowest BCUT2D eigenvalue weighted by atomic mass is 10.0. The topological polar surface area (TPSA) is 182 Å². The predicted molar refractivity (Wildman–Crippen MR) is 188 cm³/mol. The number of anilines is 2. The summed E-state index contributed by atoms with van der Waals surface area (Å²) in [5.41, 5.74) is 1.02. The zero-order chi connectivity index (χ0) is 36.9. The van der Waals surface area contributed by atoms with Gasteiger partial charge in [0, 0.05) is 50.1 Å². The first-order chi connectivity index (χ1) is 24.3. The summed E-state index contributed by atoms with van der Waals surface area (Å²) >= 11 is 0. The number of likely N-dealkylation sites (N-methyl/N-ethyl adjacent to an activating group) is 1. The van der Waals surface area contributed by atoms with Gasteiger partial charge in [-0.15, -0.1) is 0 Å². The zero-order valence-corrected chi connectivity index (χ0v) is 30.6. The van der Waals surface area contributed by atoms with Crippen molar-refractivity contribution in [2.45, 2.75) is 77.0 Å². The highest BCUT2D eigenvalue weighted by Crippen LogP contribution is 2.34. The largest absolute Gasteiger partial charge is 0.490 e. The van der Waals surface area contributed by atoms with Crippen molar-refractivity contribution >= 4 is 33.3 Å². The molecule has 0 aliphatic carbocycles. The smallest absolute Gasteiger partial charge is 0.321 e. The summed E-state index contributed by atoms with van der Waals surface area (Å²) in [5, 5.41) is 16.9. The number of urea groups is 1. The van der Waals surface area contributed by atoms with Gasteiger partial charge in [-0.25, -0.2) is 13.2 Å². The number of amides is 3. The van der Waals surface area contributed by atoms with Crippen molar-refractivity contribution in [3.8, 4) is 17.2 Å². The number of hydrogen-bond donors (Lipinski definition) is 3. The van der Waals surface area contributed by atoms with Crippen LogP contribution in [0, 0.1) is 19.8 Å². The monoisotopic (exact) mass is 729 g/mol. The first-order valence-electron chi connectivity index (χ1n) is 17.0. The average Bonchev–Trinajstić information content (AvgIpc) is 3.70. The summed E-state index contributed by atoms with van der Waals surface area (Å²) in [5.74, 6) is 0.826. The molecule has 0 bridgehead atoms. The molecule has 5 rings (SSSR count). The third-order valence-electron chi connectivity index (χ3n) is 8.96. The Hall–Kier alpha value is -4.54. The standard InChI is InChI=1S/C35H47N5O10S/c1-21-17-40(22(2)19-41)34(42)28-15-27(38-51(44,45)33-24(4)37-50-25(33)5)11-12-29(28)49-23(3)9-7-8-14-46-32(21)18-39(6)35(43)36-26-10-13-30-31(16-26)48-20-47-30/h10-13,15-16,21-23,32,38,41H,7-9,14,17-20H2,1-6H3,(H,36,43)/t21-,22+,23+,32+/m1/s1. The zero-order valence-electron chi connectivity index (χ0n) is 29.8. The highest BCUT2D eigenvalue weighted by Gasteiger charge is 2.32. The van der Waals surface area contributed by atoms with Gasteiger partial charge in [-0.3, -0.25) is 9.52 Å². The van der Waals surface area contributed by atoms with Crippen LogP contribution in [0.1, 0.15) is 61.8 Å². The fourth-order valence-electron chi connectivity index (χ4n) is 6.06. The molecular formula is C35H47N5O10S. The molecule has 4 atom stereocenters. The normalized spacial score (nSPS) is 20.5. The van der Waals surface area contributed by atoms with E-state index in [1.807, 2.05) is 13.8 Å². The number of aryl methyl sites for hydroxylation is 2. The van der Waals surface area contributed by atoms with Gasteiger partial charge in [0.2, 0.25) is 6.79 Å². The van der Waals surface area contributed by atoms with Crippen LogP contribution >= 0.6 is 0 Å². The SMILES string of the molecule is Cc1noc(C)c1S(=O)(=O)Nc1ccc2c(c1)C(=O)N([C@@H](C)CO)C[C@@H](C)[C@H](CN(C)C(=O)Nc1ccc3c(c1)OCO3)OCCCC[C@H](C)O2. The minimum Gasteiger partial charge on any atom is -0.490 e. The molecule has 3 N–H and O–H groups in total. The maximum absolute atomic E-state index is 14.4. The van der Waals surface area contributed by atoms with Crippen molar-refractivity contribution in [1.82, 2.24) is 15.0 Å². The van der Waals surface area contributed by atoms with Gasteiger partial charge in [-0.2, -0.15) is 0 Å². The Bertz CT molecular complexity index is 1800. The van der Waals surface area contributed by atoms with Gasteiger partial charge >= 0.3 is 6.03 Å². The molecule has 2 aromatic carbocycles. The lowest BCUT2D eigenvalue weighted by Gasteiger charge is -2.35. The van der Waals surface area contributed by atoms with E-state index in [1.54, 1.807) is 38.2 Å². The quantitative estimate of drug-likeness (QED) is 0.290. The van der Waals surface area contributed by atoms with Gasteiger partial charge in [0.05, 0.1) is 30.4 Å². The number of hydrogen-bond acceptors (Lipinski definition) is 11. The minimum absolute atomic E-state index is 0.0799. The van der Waals surface area contributed by atoms with Crippen molar-refractivity contribution in [2.24, 2.45) is 5.92 Å². The number of nitrogens with one attached hydrogen (secondary N) is 2. The summed E-state index contributed by atoms with van der Waals surface area (Å²) in [6, 6.07) is 8.74. The van der Waals surface area contributed by atoms with Crippen LogP contribution in [0.3, 0.4) is 0 Å². The predicted octanol–water partition coefficient (Wildman–Crippen LogP) is 4.78. The molecule has 15 nitrogen and oxygen atoms in total. The summed E-state index contributed by atoms with van der Waals surface area (Å²) in [6.45, 7) is 9.21. The summed E-state index contributed by atoms with van der Waals surface area (Å²) in [6.07, 6.45) is 1.47. The number of aromatic nitrogens is 1. The fourth-order valence-corrected chi connectivity index (χ4v) is 7.44. The molecule has 0 radical (unpaired) electrons. The summed E-state index contributed by atoms with van der Waals surface area (Å²) < 4.78 is 57.7. The number of rotatable bonds is 8. The van der Waals surface area contributed by atoms with E-state index in [4.69, 9.17) is 23.5 Å². The third kappa shape index (κ3) is 9.04. The molecule has 278 valence electrons. The molecule has 3 amide bonds. The molecule has 0 unspecified atom stereocenters. The number of aliphatic hydroxyl groups excluding tert-OH is 1. The molecule has 0 saturated heterocycles. The maximum atomic E-state index is 14.4. The van der Waals surface area contributed by atoms with Gasteiger partial charge in [-0.1, -0.05) is 12.1 Å². The lowest BCUT2D eigenvalue weighted by Crippen LogP contribution is -2.48. The molecule has 51 heavy (non-hydrogen) atoms. The van der Waals surface area contributed by atoms with E-state index in [9.17, 15) is 23.1 Å². The van der Waals surface area contributed by atoms with Crippen LogP contribution in [0.4, 0.5) is 16.2 Å². The maximum Gasteiger partial charge on any atom is 0.321 e. The first-order valence-corrected chi connectivity index (χ1v) is 18.5. The average molecular weight is 730 g/mol. The van der Waals surface area contributed by atoms with E-state index in [0.717, 1.165) is 12.8 Å². The second-order valence-electron chi connectivity index (χ2n) is 13.1. The van der Waals surface area contributed by atoms with E-state index in [2.05, 4.69) is 15.2 Å². The fraction of sp³-hybridized carbons (Fsp3) is 0.514. The number of fused-ring (bicyclic) bond motifs is 2. The van der Waals surface area contributed by atoms with Crippen LogP contribution < -0.4 is 24.2 Å². The van der Waals surface area contributed by atoms with Crippen molar-refractivity contribution in [1.29, 1.82) is 0 Å². The Morgan fingerprint density at radius 1 is 1.08 bits per heavy atom. The van der Waals surface area contributed by atoms with Crippen LogP contribution in [0.2, 0.25) is 0 Å². The Kier molecular flexibility index (Phi) is 12.0. The molecule has 3 heterocycles. The van der Waals surface area contributed by atoms with Crippen LogP contribution in [-0.4, -0.2) is 98.8 Å². The number of aliphatic hydroxyl groups is 1. The van der Waals surface area contributed by atoms with Crippen LogP contribution in [0.25, 0.3) is 0 Å². The van der Waals surface area contributed by atoms with Crippen LogP contribution in [-0.2, 0) is 14.8 Å². The van der Waals surface area contributed by atoms with Crippen molar-refractivity contribution in [3.63, 3.8) is 0 Å². The molecule has 0 spiro atoms. The van der Waals surface area contributed by atoms with Gasteiger partial charge in [0.1, 0.15) is 11.4 Å². The molecule has 0 saturated carbocycles. The van der Waals surface area contributed by atoms with Crippen molar-refractivity contribution in [3.05, 3.63) is 53.4 Å². The third-order valence-corrected chi connectivity index (χ3v) is 10.6. The highest BCUT2D eigenvalue weighted by atomic mass is 32.2. The first kappa shape index (κ1) is 37.7. The molecule has 3 aromatic rings. The number of carbonyl (C=O) groups excluding carboxylic acids is 2. The molecular weight excluding hydrogens is 682 g/mol. The number of sulfonamides is 1. The van der Waals surface area contributed by atoms with E-state index in [0.29, 0.717) is 36.0 Å². The Morgan fingerprint density at radius 3 is 2.53 bits per heavy atom. The minimum atomic E-state index is -4.10. The number of nitrogens with zero attached hydrogens (tertiary/aromatic N) is 3. The Morgan fingerprint density at radius 2 is 1.80 bits per heavy atom. The second-order valence-corrected chi connectivity index (χ2v) is 14.8. The van der Waals surface area contributed by atoms with Gasteiger partial charge in [-0.05, 0) is 77.3 Å². The van der Waals surface area contributed by atoms with Crippen molar-refractivity contribution in [2.75, 3.05) is 50.2 Å². The molecule has 16 heteroatoms. The van der Waals surface area contributed by atoms with Crippen molar-refractivity contribution < 1.29 is 46.6 Å². The number of carbonyl (C=O) groups is 2. The highest BCUT2D eigenvalue weighted by molar-refractivity contribution is 7.92. The van der Waals surface area contributed by atoms with Gasteiger partial charge in [0.25, 0.3) is 15.9 Å². The van der Waals surface area contributed by atoms with Crippen LogP contribution in [0.5, 0.6) is 17.2 Å². The molecule has 0 fully saturated rings. The van der Waals surface area contributed by atoms with Gasteiger partial charge < -0.3 is 43.7 Å². The summed E-state index contributed by atoms with van der Waals surface area (Å²) in [4.78, 5) is 30.7. The number of benzene rings is 2. The molecule has 2 aliphatic rings. The summed E-state index contributed by atoms with van der Waals surface area (Å²) in [7, 11) is -2.43. The van der Waals surface area contributed by atoms with E-state index < -0.39 is 28.1 Å². The van der Waals surface area contributed by atoms with E-state index in [1.165, 1.54) is 35.8 Å². The lowest BCUT2D eigenvalue weighted by molar-refractivity contribution is -0.0115. The molecule has 1 aromatic heterocycles. The number of ether oxygens (including phenoxy) is 4. The Labute approximate surface area is 298 Å².